The molecule has 0 amide bonds. The molecule has 3 rings (SSSR count). The summed E-state index contributed by atoms with van der Waals surface area (Å²) in [4.78, 5) is 0. The van der Waals surface area contributed by atoms with Gasteiger partial charge in [0.1, 0.15) is 6.10 Å². The molecule has 2 aromatic rings. The maximum absolute atomic E-state index is 6.10. The molecule has 1 heterocycles. The van der Waals surface area contributed by atoms with Crippen molar-refractivity contribution in [2.24, 2.45) is 0 Å². The topological polar surface area (TPSA) is 36.9 Å². The second kappa shape index (κ2) is 9.11. The summed E-state index contributed by atoms with van der Waals surface area (Å²) in [5.41, 5.74) is 2.29. The summed E-state index contributed by atoms with van der Waals surface area (Å²) in [7, 11) is 1.65. The Kier molecular flexibility index (Phi) is 6.59. The largest absolute Gasteiger partial charge is 0.371 e. The highest BCUT2D eigenvalue weighted by Gasteiger charge is 2.37. The van der Waals surface area contributed by atoms with Gasteiger partial charge in [-0.1, -0.05) is 60.7 Å². The Balaban J connectivity index is 1.57. The van der Waals surface area contributed by atoms with E-state index in [2.05, 4.69) is 24.3 Å². The van der Waals surface area contributed by atoms with Crippen LogP contribution in [-0.4, -0.2) is 31.7 Å². The lowest BCUT2D eigenvalue weighted by Crippen LogP contribution is -2.48. The highest BCUT2D eigenvalue weighted by Crippen LogP contribution is 2.27. The monoisotopic (exact) mass is 342 g/mol. The molecular weight excluding hydrogens is 316 g/mol. The Labute approximate surface area is 149 Å². The van der Waals surface area contributed by atoms with E-state index in [9.17, 15) is 0 Å². The number of methoxy groups -OCH3 is 1. The molecule has 25 heavy (non-hydrogen) atoms. The third-order valence-electron chi connectivity index (χ3n) is 4.49. The van der Waals surface area contributed by atoms with Crippen molar-refractivity contribution in [2.45, 2.75) is 51.2 Å². The minimum Gasteiger partial charge on any atom is -0.371 e. The first-order valence-electron chi connectivity index (χ1n) is 8.75. The van der Waals surface area contributed by atoms with Gasteiger partial charge in [0.2, 0.25) is 0 Å². The van der Waals surface area contributed by atoms with Gasteiger partial charge >= 0.3 is 0 Å². The molecule has 0 radical (unpaired) electrons. The first kappa shape index (κ1) is 18.1. The quantitative estimate of drug-likeness (QED) is 0.764. The Morgan fingerprint density at radius 2 is 1.36 bits per heavy atom. The van der Waals surface area contributed by atoms with E-state index >= 15 is 0 Å². The molecule has 4 nitrogen and oxygen atoms in total. The molecule has 0 N–H and O–H groups in total. The summed E-state index contributed by atoms with van der Waals surface area (Å²) in [5, 5.41) is 0. The fourth-order valence-corrected chi connectivity index (χ4v) is 3.03. The molecule has 1 saturated heterocycles. The van der Waals surface area contributed by atoms with Crippen LogP contribution in [0, 0.1) is 0 Å². The lowest BCUT2D eigenvalue weighted by Gasteiger charge is -2.39. The Bertz CT molecular complexity index is 616. The minimum absolute atomic E-state index is 0.0209. The lowest BCUT2D eigenvalue weighted by atomic mass is 10.0. The molecule has 0 aliphatic carbocycles. The zero-order valence-electron chi connectivity index (χ0n) is 14.8. The predicted molar refractivity (Wildman–Crippen MR) is 96.0 cm³/mol. The van der Waals surface area contributed by atoms with Crippen LogP contribution in [0.4, 0.5) is 0 Å². The zero-order valence-corrected chi connectivity index (χ0v) is 14.8. The van der Waals surface area contributed by atoms with Gasteiger partial charge in [0.05, 0.1) is 25.4 Å². The summed E-state index contributed by atoms with van der Waals surface area (Å²) >= 11 is 0. The van der Waals surface area contributed by atoms with Gasteiger partial charge in [-0.15, -0.1) is 0 Å². The summed E-state index contributed by atoms with van der Waals surface area (Å²) in [6, 6.07) is 20.3. The molecule has 0 saturated carbocycles. The van der Waals surface area contributed by atoms with Crippen LogP contribution in [0.3, 0.4) is 0 Å². The minimum atomic E-state index is -0.365. The average Bonchev–Trinajstić information content (AvgIpc) is 2.67. The van der Waals surface area contributed by atoms with Crippen molar-refractivity contribution in [2.75, 3.05) is 7.11 Å². The van der Waals surface area contributed by atoms with Crippen molar-refractivity contribution in [3.8, 4) is 0 Å². The number of benzene rings is 2. The number of hydrogen-bond donors (Lipinski definition) is 0. The maximum Gasteiger partial charge on any atom is 0.183 e. The van der Waals surface area contributed by atoms with E-state index in [-0.39, 0.29) is 24.6 Å². The normalized spacial score (nSPS) is 26.5. The van der Waals surface area contributed by atoms with E-state index in [0.717, 1.165) is 17.5 Å². The van der Waals surface area contributed by atoms with E-state index in [0.29, 0.717) is 13.2 Å². The standard InChI is InChI=1S/C21H26O4/c1-16-19(23-14-17-9-5-3-6-10-17)13-20(21(22-2)25-16)24-15-18-11-7-4-8-12-18/h3-12,16,19-21H,13-15H2,1-2H3. The fourth-order valence-electron chi connectivity index (χ4n) is 3.03. The van der Waals surface area contributed by atoms with Gasteiger partial charge in [0.25, 0.3) is 0 Å². The van der Waals surface area contributed by atoms with Crippen LogP contribution in [0.5, 0.6) is 0 Å². The first-order chi connectivity index (χ1) is 12.3. The van der Waals surface area contributed by atoms with E-state index in [1.54, 1.807) is 7.11 Å². The first-order valence-corrected chi connectivity index (χ1v) is 8.75. The third kappa shape index (κ3) is 5.13. The summed E-state index contributed by atoms with van der Waals surface area (Å²) in [6.07, 6.45) is 0.175. The van der Waals surface area contributed by atoms with Crippen LogP contribution in [0.1, 0.15) is 24.5 Å². The van der Waals surface area contributed by atoms with Gasteiger partial charge < -0.3 is 18.9 Å². The van der Waals surface area contributed by atoms with Crippen molar-refractivity contribution in [3.05, 3.63) is 71.8 Å². The molecule has 4 atom stereocenters. The molecule has 134 valence electrons. The third-order valence-corrected chi connectivity index (χ3v) is 4.49. The van der Waals surface area contributed by atoms with Crippen molar-refractivity contribution >= 4 is 0 Å². The van der Waals surface area contributed by atoms with Gasteiger partial charge in [-0.2, -0.15) is 0 Å². The van der Waals surface area contributed by atoms with Crippen molar-refractivity contribution in [3.63, 3.8) is 0 Å². The number of hydrogen-bond acceptors (Lipinski definition) is 4. The molecule has 4 heteroatoms. The van der Waals surface area contributed by atoms with Gasteiger partial charge in [0.15, 0.2) is 6.29 Å². The molecule has 2 aromatic carbocycles. The van der Waals surface area contributed by atoms with E-state index in [1.165, 1.54) is 0 Å². The van der Waals surface area contributed by atoms with Crippen LogP contribution < -0.4 is 0 Å². The second-order valence-electron chi connectivity index (χ2n) is 6.35. The SMILES string of the molecule is COC1OC(C)C(OCc2ccccc2)CC1OCc1ccccc1. The van der Waals surface area contributed by atoms with Crippen LogP contribution in [-0.2, 0) is 32.2 Å². The molecule has 1 fully saturated rings. The maximum atomic E-state index is 6.10. The zero-order chi connectivity index (χ0) is 17.5. The molecule has 4 unspecified atom stereocenters. The summed E-state index contributed by atoms with van der Waals surface area (Å²) in [5.74, 6) is 0. The summed E-state index contributed by atoms with van der Waals surface area (Å²) < 4.78 is 23.6. The van der Waals surface area contributed by atoms with Crippen LogP contribution in [0.15, 0.2) is 60.7 Å². The second-order valence-corrected chi connectivity index (χ2v) is 6.35. The number of rotatable bonds is 7. The highest BCUT2D eigenvalue weighted by molar-refractivity contribution is 5.14. The Morgan fingerprint density at radius 3 is 1.88 bits per heavy atom. The molecular formula is C21H26O4. The predicted octanol–water partition coefficient (Wildman–Crippen LogP) is 3.94. The van der Waals surface area contributed by atoms with Gasteiger partial charge in [0, 0.05) is 13.5 Å². The van der Waals surface area contributed by atoms with Crippen molar-refractivity contribution in [1.82, 2.24) is 0 Å². The number of ether oxygens (including phenoxy) is 4. The molecule has 1 aliphatic heterocycles. The van der Waals surface area contributed by atoms with Crippen LogP contribution >= 0.6 is 0 Å². The lowest BCUT2D eigenvalue weighted by molar-refractivity contribution is -0.271. The van der Waals surface area contributed by atoms with Gasteiger partial charge in [-0.25, -0.2) is 0 Å². The smallest absolute Gasteiger partial charge is 0.183 e. The summed E-state index contributed by atoms with van der Waals surface area (Å²) in [6.45, 7) is 3.13. The Morgan fingerprint density at radius 1 is 0.840 bits per heavy atom. The van der Waals surface area contributed by atoms with E-state index in [4.69, 9.17) is 18.9 Å². The van der Waals surface area contributed by atoms with Gasteiger partial charge in [-0.3, -0.25) is 0 Å². The average molecular weight is 342 g/mol. The van der Waals surface area contributed by atoms with E-state index < -0.39 is 0 Å². The molecule has 0 spiro atoms. The van der Waals surface area contributed by atoms with Crippen LogP contribution in [0.2, 0.25) is 0 Å². The molecule has 1 aliphatic rings. The molecule has 0 aromatic heterocycles. The van der Waals surface area contributed by atoms with Gasteiger partial charge in [-0.05, 0) is 18.1 Å². The Hall–Kier alpha value is -1.72. The van der Waals surface area contributed by atoms with Crippen molar-refractivity contribution in [1.29, 1.82) is 0 Å². The van der Waals surface area contributed by atoms with Crippen molar-refractivity contribution < 1.29 is 18.9 Å². The fraction of sp³-hybridized carbons (Fsp3) is 0.429. The highest BCUT2D eigenvalue weighted by atomic mass is 16.7. The van der Waals surface area contributed by atoms with E-state index in [1.807, 2.05) is 43.3 Å². The molecule has 0 bridgehead atoms. The van der Waals surface area contributed by atoms with Crippen LogP contribution in [0.25, 0.3) is 0 Å².